The average molecular weight is 268 g/mol. The molecule has 6 heteroatoms. The predicted molar refractivity (Wildman–Crippen MR) is 71.6 cm³/mol. The number of anilines is 1. The monoisotopic (exact) mass is 268 g/mol. The van der Waals surface area contributed by atoms with Gasteiger partial charge in [-0.15, -0.1) is 0 Å². The first-order chi connectivity index (χ1) is 9.06. The molecule has 0 aliphatic rings. The van der Waals surface area contributed by atoms with E-state index in [0.717, 1.165) is 0 Å². The zero-order valence-corrected chi connectivity index (χ0v) is 11.2. The number of carbonyl (C=O) groups is 1. The fourth-order valence-electron chi connectivity index (χ4n) is 1.67. The van der Waals surface area contributed by atoms with Crippen molar-refractivity contribution in [2.24, 2.45) is 0 Å². The number of nitrogens with zero attached hydrogens (tertiary/aromatic N) is 2. The number of carboxylic acid groups (broad SMARTS) is 1. The third-order valence-corrected chi connectivity index (χ3v) is 2.58. The van der Waals surface area contributed by atoms with Crippen LogP contribution in [0.25, 0.3) is 0 Å². The second-order valence-corrected chi connectivity index (χ2v) is 4.31. The Balaban J connectivity index is 2.75. The first-order valence-electron chi connectivity index (χ1n) is 6.22. The fourth-order valence-corrected chi connectivity index (χ4v) is 1.67. The largest absolute Gasteiger partial charge is 0.477 e. The van der Waals surface area contributed by atoms with Crippen LogP contribution >= 0.6 is 0 Å². The number of pyridine rings is 1. The summed E-state index contributed by atoms with van der Waals surface area (Å²) in [5.74, 6) is -0.426. The Kier molecular flexibility index (Phi) is 6.24. The van der Waals surface area contributed by atoms with Gasteiger partial charge in [0.2, 0.25) is 0 Å². The van der Waals surface area contributed by atoms with E-state index in [0.29, 0.717) is 25.6 Å². The van der Waals surface area contributed by atoms with Crippen molar-refractivity contribution in [2.75, 3.05) is 31.3 Å². The van der Waals surface area contributed by atoms with Gasteiger partial charge in [0.1, 0.15) is 5.82 Å². The normalized spacial score (nSPS) is 10.7. The van der Waals surface area contributed by atoms with Crippen molar-refractivity contribution < 1.29 is 19.7 Å². The van der Waals surface area contributed by atoms with E-state index < -0.39 is 5.97 Å². The van der Waals surface area contributed by atoms with Gasteiger partial charge in [0.05, 0.1) is 19.8 Å². The summed E-state index contributed by atoms with van der Waals surface area (Å²) in [6.45, 7) is 5.34. The average Bonchev–Trinajstić information content (AvgIpc) is 2.38. The van der Waals surface area contributed by atoms with Crippen LogP contribution in [0.15, 0.2) is 18.2 Å². The van der Waals surface area contributed by atoms with Crippen LogP contribution in [0.5, 0.6) is 0 Å². The van der Waals surface area contributed by atoms with Gasteiger partial charge in [-0.3, -0.25) is 0 Å². The molecule has 0 fully saturated rings. The molecule has 0 amide bonds. The van der Waals surface area contributed by atoms with Crippen LogP contribution in [-0.4, -0.2) is 53.6 Å². The molecule has 0 saturated heterocycles. The summed E-state index contributed by atoms with van der Waals surface area (Å²) in [6, 6.07) is 5.09. The van der Waals surface area contributed by atoms with E-state index >= 15 is 0 Å². The number of rotatable bonds is 8. The highest BCUT2D eigenvalue weighted by molar-refractivity contribution is 5.85. The SMILES string of the molecule is CC(C)N(CCOCCO)c1cccc(C(=O)O)n1. The van der Waals surface area contributed by atoms with Crippen LogP contribution in [0.4, 0.5) is 5.82 Å². The Bertz CT molecular complexity index is 409. The molecule has 19 heavy (non-hydrogen) atoms. The standard InChI is InChI=1S/C13H20N2O4/c1-10(2)15(6-8-19-9-7-16)12-5-3-4-11(14-12)13(17)18/h3-5,10,16H,6-9H2,1-2H3,(H,17,18). The maximum atomic E-state index is 10.9. The smallest absolute Gasteiger partial charge is 0.354 e. The van der Waals surface area contributed by atoms with Gasteiger partial charge >= 0.3 is 5.97 Å². The van der Waals surface area contributed by atoms with Gasteiger partial charge in [0.25, 0.3) is 0 Å². The maximum Gasteiger partial charge on any atom is 0.354 e. The van der Waals surface area contributed by atoms with Crippen LogP contribution in [0.3, 0.4) is 0 Å². The molecule has 0 spiro atoms. The van der Waals surface area contributed by atoms with Gasteiger partial charge in [0, 0.05) is 12.6 Å². The van der Waals surface area contributed by atoms with Crippen molar-refractivity contribution in [3.63, 3.8) is 0 Å². The minimum absolute atomic E-state index is 0.00553. The molecule has 1 aromatic heterocycles. The fraction of sp³-hybridized carbons (Fsp3) is 0.538. The van der Waals surface area contributed by atoms with E-state index in [1.807, 2.05) is 18.7 Å². The van der Waals surface area contributed by atoms with Crippen LogP contribution in [0, 0.1) is 0 Å². The van der Waals surface area contributed by atoms with Gasteiger partial charge in [-0.05, 0) is 26.0 Å². The van der Waals surface area contributed by atoms with E-state index in [4.69, 9.17) is 14.9 Å². The Labute approximate surface area is 112 Å². The number of aliphatic hydroxyl groups excluding tert-OH is 1. The molecule has 0 aliphatic carbocycles. The molecule has 0 aliphatic heterocycles. The summed E-state index contributed by atoms with van der Waals surface area (Å²) in [5, 5.41) is 17.6. The number of hydrogen-bond acceptors (Lipinski definition) is 5. The highest BCUT2D eigenvalue weighted by atomic mass is 16.5. The Morgan fingerprint density at radius 2 is 2.16 bits per heavy atom. The molecular weight excluding hydrogens is 248 g/mol. The first-order valence-corrected chi connectivity index (χ1v) is 6.22. The molecule has 0 unspecified atom stereocenters. The van der Waals surface area contributed by atoms with Gasteiger partial charge < -0.3 is 19.8 Å². The zero-order valence-electron chi connectivity index (χ0n) is 11.2. The highest BCUT2D eigenvalue weighted by Crippen LogP contribution is 2.14. The third kappa shape index (κ3) is 4.84. The minimum Gasteiger partial charge on any atom is -0.477 e. The molecule has 2 N–H and O–H groups in total. The highest BCUT2D eigenvalue weighted by Gasteiger charge is 2.14. The second-order valence-electron chi connectivity index (χ2n) is 4.31. The molecule has 0 aromatic carbocycles. The van der Waals surface area contributed by atoms with Crippen molar-refractivity contribution >= 4 is 11.8 Å². The van der Waals surface area contributed by atoms with E-state index in [1.54, 1.807) is 12.1 Å². The maximum absolute atomic E-state index is 10.9. The number of ether oxygens (including phenoxy) is 1. The van der Waals surface area contributed by atoms with E-state index in [-0.39, 0.29) is 18.3 Å². The second kappa shape index (κ2) is 7.70. The molecule has 0 radical (unpaired) electrons. The van der Waals surface area contributed by atoms with E-state index in [1.165, 1.54) is 6.07 Å². The number of aromatic nitrogens is 1. The van der Waals surface area contributed by atoms with Crippen LogP contribution in [0.2, 0.25) is 0 Å². The first kappa shape index (κ1) is 15.4. The summed E-state index contributed by atoms with van der Waals surface area (Å²) in [7, 11) is 0. The molecule has 0 saturated carbocycles. The quantitative estimate of drug-likeness (QED) is 0.684. The molecule has 6 nitrogen and oxygen atoms in total. The van der Waals surface area contributed by atoms with Gasteiger partial charge in [0.15, 0.2) is 5.69 Å². The molecule has 1 aromatic rings. The number of aromatic carboxylic acids is 1. The summed E-state index contributed by atoms with van der Waals surface area (Å²) in [4.78, 5) is 17.0. The molecular formula is C13H20N2O4. The number of aliphatic hydroxyl groups is 1. The van der Waals surface area contributed by atoms with Crippen molar-refractivity contribution in [2.45, 2.75) is 19.9 Å². The van der Waals surface area contributed by atoms with E-state index in [2.05, 4.69) is 4.98 Å². The molecule has 0 atom stereocenters. The van der Waals surface area contributed by atoms with Crippen LogP contribution in [-0.2, 0) is 4.74 Å². The molecule has 0 bridgehead atoms. The van der Waals surface area contributed by atoms with Gasteiger partial charge in [-0.2, -0.15) is 0 Å². The number of carboxylic acids is 1. The Morgan fingerprint density at radius 1 is 1.42 bits per heavy atom. The topological polar surface area (TPSA) is 82.9 Å². The zero-order chi connectivity index (χ0) is 14.3. The van der Waals surface area contributed by atoms with Crippen molar-refractivity contribution in [1.29, 1.82) is 0 Å². The summed E-state index contributed by atoms with van der Waals surface area (Å²) in [5.41, 5.74) is 0.0272. The third-order valence-electron chi connectivity index (χ3n) is 2.58. The van der Waals surface area contributed by atoms with Crippen molar-refractivity contribution in [3.8, 4) is 0 Å². The van der Waals surface area contributed by atoms with Crippen LogP contribution in [0.1, 0.15) is 24.3 Å². The van der Waals surface area contributed by atoms with E-state index in [9.17, 15) is 4.79 Å². The lowest BCUT2D eigenvalue weighted by atomic mass is 10.3. The van der Waals surface area contributed by atoms with Gasteiger partial charge in [-0.1, -0.05) is 6.07 Å². The lowest BCUT2D eigenvalue weighted by Gasteiger charge is -2.27. The molecule has 1 heterocycles. The minimum atomic E-state index is -1.04. The lowest BCUT2D eigenvalue weighted by molar-refractivity contribution is 0.0690. The summed E-state index contributed by atoms with van der Waals surface area (Å²) in [6.07, 6.45) is 0. The van der Waals surface area contributed by atoms with Crippen LogP contribution < -0.4 is 4.90 Å². The van der Waals surface area contributed by atoms with Crippen molar-refractivity contribution in [3.05, 3.63) is 23.9 Å². The van der Waals surface area contributed by atoms with Crippen molar-refractivity contribution in [1.82, 2.24) is 4.98 Å². The number of hydrogen-bond donors (Lipinski definition) is 2. The summed E-state index contributed by atoms with van der Waals surface area (Å²) < 4.78 is 5.23. The predicted octanol–water partition coefficient (Wildman–Crippen LogP) is 1.00. The lowest BCUT2D eigenvalue weighted by Crippen LogP contribution is -2.35. The molecule has 1 rings (SSSR count). The Morgan fingerprint density at radius 3 is 2.74 bits per heavy atom. The van der Waals surface area contributed by atoms with Gasteiger partial charge in [-0.25, -0.2) is 9.78 Å². The summed E-state index contributed by atoms with van der Waals surface area (Å²) >= 11 is 0. The Hall–Kier alpha value is -1.66. The molecule has 106 valence electrons.